The molecule has 1 saturated heterocycles. The average Bonchev–Trinajstić information content (AvgIpc) is 3.35. The predicted molar refractivity (Wildman–Crippen MR) is 89.1 cm³/mol. The molecule has 0 aliphatic carbocycles. The van der Waals surface area contributed by atoms with Crippen molar-refractivity contribution in [2.45, 2.75) is 18.9 Å². The van der Waals surface area contributed by atoms with Crippen molar-refractivity contribution in [3.05, 3.63) is 58.5 Å². The van der Waals surface area contributed by atoms with Gasteiger partial charge in [0.25, 0.3) is 5.91 Å². The lowest BCUT2D eigenvalue weighted by Crippen LogP contribution is -2.30. The summed E-state index contributed by atoms with van der Waals surface area (Å²) < 4.78 is 0. The number of aromatic amines is 1. The third-order valence-electron chi connectivity index (χ3n) is 4.13. The molecule has 1 fully saturated rings. The number of H-pyrrole nitrogens is 1. The molecule has 23 heavy (non-hydrogen) atoms. The van der Waals surface area contributed by atoms with E-state index in [1.54, 1.807) is 11.3 Å². The van der Waals surface area contributed by atoms with Gasteiger partial charge in [-0.25, -0.2) is 4.98 Å². The topological polar surface area (TPSA) is 61.9 Å². The van der Waals surface area contributed by atoms with Crippen molar-refractivity contribution in [2.24, 2.45) is 0 Å². The number of hydrogen-bond donors (Lipinski definition) is 1. The molecule has 1 unspecified atom stereocenters. The number of nitrogens with zero attached hydrogens (tertiary/aromatic N) is 3. The Labute approximate surface area is 138 Å². The van der Waals surface area contributed by atoms with Crippen LogP contribution in [0.2, 0.25) is 0 Å². The highest BCUT2D eigenvalue weighted by molar-refractivity contribution is 7.08. The minimum Gasteiger partial charge on any atom is -0.328 e. The molecule has 1 aromatic carbocycles. The van der Waals surface area contributed by atoms with Crippen molar-refractivity contribution < 1.29 is 4.79 Å². The van der Waals surface area contributed by atoms with E-state index in [9.17, 15) is 4.79 Å². The van der Waals surface area contributed by atoms with E-state index in [-0.39, 0.29) is 11.9 Å². The first-order chi connectivity index (χ1) is 11.3. The fraction of sp³-hybridized carbons (Fsp3) is 0.235. The maximum Gasteiger partial charge on any atom is 0.255 e. The quantitative estimate of drug-likeness (QED) is 0.802. The molecule has 3 heterocycles. The molecule has 1 aliphatic heterocycles. The highest BCUT2D eigenvalue weighted by atomic mass is 32.1. The van der Waals surface area contributed by atoms with Crippen LogP contribution in [-0.2, 0) is 0 Å². The van der Waals surface area contributed by atoms with Gasteiger partial charge in [-0.1, -0.05) is 30.3 Å². The Morgan fingerprint density at radius 3 is 2.91 bits per heavy atom. The summed E-state index contributed by atoms with van der Waals surface area (Å²) in [6.45, 7) is 0.765. The summed E-state index contributed by atoms with van der Waals surface area (Å²) in [5.74, 6) is 1.52. The molecular weight excluding hydrogens is 308 g/mol. The Morgan fingerprint density at radius 1 is 1.26 bits per heavy atom. The van der Waals surface area contributed by atoms with Crippen LogP contribution in [0.4, 0.5) is 0 Å². The van der Waals surface area contributed by atoms with Crippen molar-refractivity contribution in [1.82, 2.24) is 20.1 Å². The second-order valence-electron chi connectivity index (χ2n) is 5.58. The van der Waals surface area contributed by atoms with E-state index < -0.39 is 0 Å². The minimum atomic E-state index is -0.0210. The lowest BCUT2D eigenvalue weighted by Gasteiger charge is -2.22. The summed E-state index contributed by atoms with van der Waals surface area (Å²) in [6, 6.07) is 11.7. The highest BCUT2D eigenvalue weighted by Crippen LogP contribution is 2.32. The fourth-order valence-electron chi connectivity index (χ4n) is 2.99. The summed E-state index contributed by atoms with van der Waals surface area (Å²) >= 11 is 1.54. The number of nitrogens with one attached hydrogen (secondary N) is 1. The van der Waals surface area contributed by atoms with Gasteiger partial charge in [0.05, 0.1) is 11.6 Å². The molecule has 0 spiro atoms. The zero-order valence-electron chi connectivity index (χ0n) is 12.5. The molecule has 0 saturated carbocycles. The summed E-state index contributed by atoms with van der Waals surface area (Å²) in [5.41, 5.74) is 1.73. The average molecular weight is 324 g/mol. The van der Waals surface area contributed by atoms with Crippen LogP contribution in [0.1, 0.15) is 35.1 Å². The van der Waals surface area contributed by atoms with Crippen LogP contribution in [0, 0.1) is 0 Å². The van der Waals surface area contributed by atoms with Gasteiger partial charge in [0.15, 0.2) is 5.82 Å². The standard InChI is InChI=1S/C17H16N4OS/c22-17(13-8-10-23-11-13)21-9-4-7-14(21)16-18-15(19-20-16)12-5-2-1-3-6-12/h1-3,5-6,8,10-11,14H,4,7,9H2,(H,18,19,20). The van der Waals surface area contributed by atoms with Crippen molar-refractivity contribution in [1.29, 1.82) is 0 Å². The SMILES string of the molecule is O=C(c1ccsc1)N1CCCC1c1nc(-c2ccccc2)n[nH]1. The van der Waals surface area contributed by atoms with Gasteiger partial charge < -0.3 is 4.90 Å². The fourth-order valence-corrected chi connectivity index (χ4v) is 3.62. The van der Waals surface area contributed by atoms with Crippen LogP contribution in [-0.4, -0.2) is 32.5 Å². The van der Waals surface area contributed by atoms with Crippen LogP contribution in [0.3, 0.4) is 0 Å². The first-order valence-corrected chi connectivity index (χ1v) is 8.58. The lowest BCUT2D eigenvalue weighted by atomic mass is 10.2. The third-order valence-corrected chi connectivity index (χ3v) is 4.82. The Morgan fingerprint density at radius 2 is 2.13 bits per heavy atom. The number of hydrogen-bond acceptors (Lipinski definition) is 4. The summed E-state index contributed by atoms with van der Waals surface area (Å²) in [6.07, 6.45) is 1.90. The van der Waals surface area contributed by atoms with Crippen LogP contribution < -0.4 is 0 Å². The van der Waals surface area contributed by atoms with E-state index in [0.717, 1.165) is 36.3 Å². The molecule has 116 valence electrons. The Kier molecular flexibility index (Phi) is 3.67. The van der Waals surface area contributed by atoms with Gasteiger partial charge >= 0.3 is 0 Å². The number of carbonyl (C=O) groups excluding carboxylic acids is 1. The second kappa shape index (κ2) is 5.96. The second-order valence-corrected chi connectivity index (χ2v) is 6.36. The molecule has 0 radical (unpaired) electrons. The minimum absolute atomic E-state index is 0.0210. The smallest absolute Gasteiger partial charge is 0.255 e. The maximum atomic E-state index is 12.6. The van der Waals surface area contributed by atoms with Crippen molar-refractivity contribution in [2.75, 3.05) is 6.54 Å². The summed E-state index contributed by atoms with van der Waals surface area (Å²) in [7, 11) is 0. The van der Waals surface area contributed by atoms with Crippen LogP contribution >= 0.6 is 11.3 Å². The van der Waals surface area contributed by atoms with Crippen LogP contribution in [0.5, 0.6) is 0 Å². The lowest BCUT2D eigenvalue weighted by molar-refractivity contribution is 0.0730. The highest BCUT2D eigenvalue weighted by Gasteiger charge is 2.33. The molecule has 1 atom stereocenters. The van der Waals surface area contributed by atoms with E-state index in [0.29, 0.717) is 5.82 Å². The van der Waals surface area contributed by atoms with Gasteiger partial charge in [-0.3, -0.25) is 9.89 Å². The van der Waals surface area contributed by atoms with Gasteiger partial charge in [0, 0.05) is 17.5 Å². The Hall–Kier alpha value is -2.47. The van der Waals surface area contributed by atoms with E-state index in [1.807, 2.05) is 52.1 Å². The van der Waals surface area contributed by atoms with Gasteiger partial charge in [-0.2, -0.15) is 16.4 Å². The molecule has 3 aromatic rings. The molecule has 0 bridgehead atoms. The molecule has 5 nitrogen and oxygen atoms in total. The van der Waals surface area contributed by atoms with Crippen molar-refractivity contribution >= 4 is 17.2 Å². The first-order valence-electron chi connectivity index (χ1n) is 7.64. The van der Waals surface area contributed by atoms with E-state index >= 15 is 0 Å². The monoisotopic (exact) mass is 324 g/mol. The number of carbonyl (C=O) groups is 1. The van der Waals surface area contributed by atoms with E-state index in [2.05, 4.69) is 15.2 Å². The Bertz CT molecular complexity index is 797. The van der Waals surface area contributed by atoms with Gasteiger partial charge in [-0.15, -0.1) is 0 Å². The normalized spacial score (nSPS) is 17.6. The number of benzene rings is 1. The Balaban J connectivity index is 1.60. The summed E-state index contributed by atoms with van der Waals surface area (Å²) in [4.78, 5) is 19.2. The first kappa shape index (κ1) is 14.1. The number of amides is 1. The van der Waals surface area contributed by atoms with Crippen molar-refractivity contribution in [3.8, 4) is 11.4 Å². The van der Waals surface area contributed by atoms with Crippen LogP contribution in [0.25, 0.3) is 11.4 Å². The molecular formula is C17H16N4OS. The number of thiophene rings is 1. The molecule has 1 N–H and O–H groups in total. The largest absolute Gasteiger partial charge is 0.328 e. The maximum absolute atomic E-state index is 12.6. The molecule has 1 amide bonds. The molecule has 1 aliphatic rings. The van der Waals surface area contributed by atoms with E-state index in [4.69, 9.17) is 0 Å². The summed E-state index contributed by atoms with van der Waals surface area (Å²) in [5, 5.41) is 11.2. The van der Waals surface area contributed by atoms with E-state index in [1.165, 1.54) is 0 Å². The third kappa shape index (κ3) is 2.66. The molecule has 4 rings (SSSR count). The number of rotatable bonds is 3. The molecule has 2 aromatic heterocycles. The predicted octanol–water partition coefficient (Wildman–Crippen LogP) is 3.51. The molecule has 6 heteroatoms. The number of likely N-dealkylation sites (tertiary alicyclic amines) is 1. The van der Waals surface area contributed by atoms with Crippen LogP contribution in [0.15, 0.2) is 47.2 Å². The van der Waals surface area contributed by atoms with Gasteiger partial charge in [0.2, 0.25) is 0 Å². The van der Waals surface area contributed by atoms with Gasteiger partial charge in [-0.05, 0) is 24.3 Å². The van der Waals surface area contributed by atoms with Crippen molar-refractivity contribution in [3.63, 3.8) is 0 Å². The zero-order chi connectivity index (χ0) is 15.6. The number of aromatic nitrogens is 3. The van der Waals surface area contributed by atoms with Gasteiger partial charge in [0.1, 0.15) is 5.82 Å². The zero-order valence-corrected chi connectivity index (χ0v) is 13.3.